The molecule has 0 fully saturated rings. The van der Waals surface area contributed by atoms with Crippen molar-refractivity contribution in [2.24, 2.45) is 4.99 Å². The standard InChI is InChI=1S/C14H21BrN2O.C2H6/c1-6-8-13(12(7-2)9-10-15)16-11(3)14(18)17(4)5;1-2/h7-9H,2,6,10H2,1,3-5H3;1-2H3/b12-9-,13-8+,16-11?;. The molecule has 4 heteroatoms. The van der Waals surface area contributed by atoms with Gasteiger partial charge in [-0.1, -0.05) is 61.5 Å². The van der Waals surface area contributed by atoms with Crippen molar-refractivity contribution in [2.75, 3.05) is 19.4 Å². The van der Waals surface area contributed by atoms with Crippen LogP contribution in [-0.2, 0) is 4.79 Å². The number of aliphatic imine (C=N–C) groups is 1. The van der Waals surface area contributed by atoms with Crippen LogP contribution >= 0.6 is 15.9 Å². The lowest BCUT2D eigenvalue weighted by molar-refractivity contribution is -0.121. The Morgan fingerprint density at radius 3 is 2.20 bits per heavy atom. The lowest BCUT2D eigenvalue weighted by Gasteiger charge is -2.11. The van der Waals surface area contributed by atoms with Gasteiger partial charge in [-0.15, -0.1) is 0 Å². The number of hydrogen-bond donors (Lipinski definition) is 0. The van der Waals surface area contributed by atoms with Crippen LogP contribution in [0.4, 0.5) is 0 Å². The Balaban J connectivity index is 0. The molecule has 1 amide bonds. The summed E-state index contributed by atoms with van der Waals surface area (Å²) in [6, 6.07) is 0. The van der Waals surface area contributed by atoms with Gasteiger partial charge in [0.05, 0.1) is 5.70 Å². The molecule has 0 atom stereocenters. The van der Waals surface area contributed by atoms with Crippen LogP contribution in [0.2, 0.25) is 0 Å². The van der Waals surface area contributed by atoms with Crippen LogP contribution in [0.1, 0.15) is 34.1 Å². The van der Waals surface area contributed by atoms with Gasteiger partial charge in [-0.05, 0) is 18.9 Å². The summed E-state index contributed by atoms with van der Waals surface area (Å²) in [5.74, 6) is -0.0840. The highest BCUT2D eigenvalue weighted by atomic mass is 79.9. The molecule has 0 aromatic heterocycles. The van der Waals surface area contributed by atoms with E-state index in [4.69, 9.17) is 0 Å². The highest BCUT2D eigenvalue weighted by molar-refractivity contribution is 9.09. The Kier molecular flexibility index (Phi) is 13.6. The van der Waals surface area contributed by atoms with E-state index in [9.17, 15) is 4.79 Å². The first-order valence-corrected chi connectivity index (χ1v) is 7.96. The molecule has 0 saturated carbocycles. The van der Waals surface area contributed by atoms with E-state index in [0.717, 1.165) is 23.0 Å². The fraction of sp³-hybridized carbons (Fsp3) is 0.500. The molecule has 0 aromatic rings. The topological polar surface area (TPSA) is 32.7 Å². The highest BCUT2D eigenvalue weighted by Gasteiger charge is 2.09. The minimum absolute atomic E-state index is 0.0840. The summed E-state index contributed by atoms with van der Waals surface area (Å²) in [4.78, 5) is 17.7. The number of alkyl halides is 1. The third-order valence-corrected chi connectivity index (χ3v) is 2.54. The quantitative estimate of drug-likeness (QED) is 0.401. The molecular formula is C16H27BrN2O. The number of carbonyl (C=O) groups excluding carboxylic acids is 1. The molecule has 0 aliphatic heterocycles. The molecule has 0 radical (unpaired) electrons. The maximum Gasteiger partial charge on any atom is 0.267 e. The van der Waals surface area contributed by atoms with Crippen molar-refractivity contribution < 1.29 is 4.79 Å². The zero-order valence-corrected chi connectivity index (χ0v) is 15.1. The Labute approximate surface area is 132 Å². The van der Waals surface area contributed by atoms with Crippen LogP contribution in [-0.4, -0.2) is 35.9 Å². The monoisotopic (exact) mass is 342 g/mol. The zero-order chi connectivity index (χ0) is 16.1. The van der Waals surface area contributed by atoms with Gasteiger partial charge in [-0.3, -0.25) is 4.79 Å². The second-order valence-electron chi connectivity index (χ2n) is 3.91. The second-order valence-corrected chi connectivity index (χ2v) is 4.56. The number of hydrogen-bond acceptors (Lipinski definition) is 2. The Bertz CT molecular complexity index is 393. The fourth-order valence-electron chi connectivity index (χ4n) is 1.35. The van der Waals surface area contributed by atoms with Gasteiger partial charge < -0.3 is 4.90 Å². The predicted molar refractivity (Wildman–Crippen MR) is 93.6 cm³/mol. The minimum atomic E-state index is -0.0840. The molecule has 0 aliphatic rings. The number of halogens is 1. The first-order valence-electron chi connectivity index (χ1n) is 6.83. The average molecular weight is 343 g/mol. The Morgan fingerprint density at radius 1 is 1.30 bits per heavy atom. The van der Waals surface area contributed by atoms with Crippen molar-refractivity contribution >= 4 is 27.5 Å². The van der Waals surface area contributed by atoms with E-state index < -0.39 is 0 Å². The molecule has 0 saturated heterocycles. The second kappa shape index (κ2) is 12.9. The molecule has 0 aliphatic carbocycles. The molecule has 0 spiro atoms. The molecule has 20 heavy (non-hydrogen) atoms. The van der Waals surface area contributed by atoms with Crippen LogP contribution < -0.4 is 0 Å². The van der Waals surface area contributed by atoms with E-state index in [1.54, 1.807) is 27.1 Å². The maximum atomic E-state index is 11.8. The van der Waals surface area contributed by atoms with E-state index >= 15 is 0 Å². The van der Waals surface area contributed by atoms with Crippen LogP contribution in [0.5, 0.6) is 0 Å². The van der Waals surface area contributed by atoms with Crippen LogP contribution in [0.15, 0.2) is 41.1 Å². The third-order valence-electron chi connectivity index (χ3n) is 2.21. The molecule has 0 heterocycles. The number of allylic oxidation sites excluding steroid dienone is 3. The lowest BCUT2D eigenvalue weighted by Crippen LogP contribution is -2.28. The van der Waals surface area contributed by atoms with Crippen molar-refractivity contribution in [3.8, 4) is 0 Å². The summed E-state index contributed by atoms with van der Waals surface area (Å²) in [6.07, 6.45) is 6.57. The number of amides is 1. The van der Waals surface area contributed by atoms with Gasteiger partial charge >= 0.3 is 0 Å². The van der Waals surface area contributed by atoms with Crippen molar-refractivity contribution in [3.05, 3.63) is 36.1 Å². The molecule has 0 bridgehead atoms. The Morgan fingerprint density at radius 2 is 1.85 bits per heavy atom. The predicted octanol–water partition coefficient (Wildman–Crippen LogP) is 4.36. The third kappa shape index (κ3) is 8.10. The van der Waals surface area contributed by atoms with Gasteiger partial charge in [-0.2, -0.15) is 0 Å². The van der Waals surface area contributed by atoms with Gasteiger partial charge in [0.15, 0.2) is 0 Å². The van der Waals surface area contributed by atoms with Gasteiger partial charge in [0, 0.05) is 19.4 Å². The smallest absolute Gasteiger partial charge is 0.267 e. The SMILES string of the molecule is C=CC(=C/CBr)/C(=C\CC)N=C(C)C(=O)N(C)C.CC. The first kappa shape index (κ1) is 21.1. The van der Waals surface area contributed by atoms with Gasteiger partial charge in [0.2, 0.25) is 0 Å². The fourth-order valence-corrected chi connectivity index (χ4v) is 1.70. The minimum Gasteiger partial charge on any atom is -0.344 e. The summed E-state index contributed by atoms with van der Waals surface area (Å²) < 4.78 is 0. The molecule has 0 rings (SSSR count). The molecule has 3 nitrogen and oxygen atoms in total. The molecular weight excluding hydrogens is 316 g/mol. The zero-order valence-electron chi connectivity index (χ0n) is 13.5. The normalized spacial score (nSPS) is 12.4. The lowest BCUT2D eigenvalue weighted by atomic mass is 10.1. The van der Waals surface area contributed by atoms with E-state index in [1.807, 2.05) is 32.9 Å². The van der Waals surface area contributed by atoms with E-state index in [1.165, 1.54) is 4.90 Å². The van der Waals surface area contributed by atoms with Crippen molar-refractivity contribution in [3.63, 3.8) is 0 Å². The molecule has 0 unspecified atom stereocenters. The number of carbonyl (C=O) groups is 1. The summed E-state index contributed by atoms with van der Waals surface area (Å²) in [5, 5.41) is 0.728. The highest BCUT2D eigenvalue weighted by Crippen LogP contribution is 2.15. The van der Waals surface area contributed by atoms with E-state index in [2.05, 4.69) is 27.5 Å². The van der Waals surface area contributed by atoms with Crippen LogP contribution in [0.25, 0.3) is 0 Å². The summed E-state index contributed by atoms with van der Waals surface area (Å²) in [7, 11) is 3.43. The van der Waals surface area contributed by atoms with Gasteiger partial charge in [0.1, 0.15) is 5.71 Å². The van der Waals surface area contributed by atoms with Gasteiger partial charge in [0.25, 0.3) is 5.91 Å². The molecule has 0 aromatic carbocycles. The van der Waals surface area contributed by atoms with Crippen LogP contribution in [0, 0.1) is 0 Å². The number of rotatable bonds is 6. The van der Waals surface area contributed by atoms with Crippen molar-refractivity contribution in [2.45, 2.75) is 34.1 Å². The van der Waals surface area contributed by atoms with Crippen LogP contribution in [0.3, 0.4) is 0 Å². The Hall–Kier alpha value is -1.16. The molecule has 0 N–H and O–H groups in total. The average Bonchev–Trinajstić information content (AvgIpc) is 2.45. The van der Waals surface area contributed by atoms with Crippen molar-refractivity contribution in [1.29, 1.82) is 0 Å². The van der Waals surface area contributed by atoms with E-state index in [0.29, 0.717) is 5.71 Å². The number of nitrogens with zero attached hydrogens (tertiary/aromatic N) is 2. The summed E-state index contributed by atoms with van der Waals surface area (Å²) in [5.41, 5.74) is 2.20. The first-order chi connectivity index (χ1) is 9.47. The summed E-state index contributed by atoms with van der Waals surface area (Å²) >= 11 is 3.35. The molecule has 114 valence electrons. The van der Waals surface area contributed by atoms with E-state index in [-0.39, 0.29) is 5.91 Å². The van der Waals surface area contributed by atoms with Crippen molar-refractivity contribution in [1.82, 2.24) is 4.90 Å². The summed E-state index contributed by atoms with van der Waals surface area (Å²) in [6.45, 7) is 11.5. The maximum absolute atomic E-state index is 11.8. The van der Waals surface area contributed by atoms with Gasteiger partial charge in [-0.25, -0.2) is 4.99 Å². The largest absolute Gasteiger partial charge is 0.344 e.